The molecule has 2 heterocycles. The largest absolute Gasteiger partial charge is 0.377 e. The van der Waals surface area contributed by atoms with Gasteiger partial charge in [0.15, 0.2) is 0 Å². The van der Waals surface area contributed by atoms with E-state index in [2.05, 4.69) is 5.32 Å². The van der Waals surface area contributed by atoms with Crippen LogP contribution >= 0.6 is 0 Å². The Hall–Kier alpha value is -1.07. The molecule has 1 saturated heterocycles. The molecule has 0 amide bonds. The quantitative estimate of drug-likeness (QED) is 0.769. The number of aromatic nitrogens is 2. The Balaban J connectivity index is 1.74. The molecule has 102 valence electrons. The second-order valence-corrected chi connectivity index (χ2v) is 5.11. The monoisotopic (exact) mass is 253 g/mol. The third-order valence-electron chi connectivity index (χ3n) is 3.36. The highest BCUT2D eigenvalue weighted by Crippen LogP contribution is 2.10. The van der Waals surface area contributed by atoms with Gasteiger partial charge < -0.3 is 10.1 Å². The van der Waals surface area contributed by atoms with E-state index in [0.717, 1.165) is 26.1 Å². The third kappa shape index (κ3) is 3.23. The topological polar surface area (TPSA) is 48.2 Å². The van der Waals surface area contributed by atoms with E-state index in [-0.39, 0.29) is 11.7 Å². The maximum atomic E-state index is 11.9. The predicted molar refractivity (Wildman–Crippen MR) is 70.9 cm³/mol. The van der Waals surface area contributed by atoms with E-state index in [4.69, 9.17) is 4.74 Å². The molecule has 0 aromatic carbocycles. The van der Waals surface area contributed by atoms with Crippen LogP contribution in [-0.2, 0) is 11.3 Å². The number of nitrogens with zero attached hydrogens (tertiary/aromatic N) is 2. The summed E-state index contributed by atoms with van der Waals surface area (Å²) in [7, 11) is 0. The van der Waals surface area contributed by atoms with Gasteiger partial charge in [0.1, 0.15) is 0 Å². The fourth-order valence-electron chi connectivity index (χ4n) is 2.26. The normalized spacial score (nSPS) is 19.8. The van der Waals surface area contributed by atoms with E-state index in [9.17, 15) is 4.79 Å². The van der Waals surface area contributed by atoms with E-state index < -0.39 is 0 Å². The number of rotatable bonds is 6. The van der Waals surface area contributed by atoms with Crippen molar-refractivity contribution in [2.24, 2.45) is 0 Å². The Morgan fingerprint density at radius 1 is 1.50 bits per heavy atom. The molecule has 1 fully saturated rings. The zero-order chi connectivity index (χ0) is 13.0. The van der Waals surface area contributed by atoms with Gasteiger partial charge in [-0.1, -0.05) is 0 Å². The summed E-state index contributed by atoms with van der Waals surface area (Å²) in [4.78, 5) is 11.9. The molecule has 0 spiro atoms. The number of nitrogens with one attached hydrogen (secondary N) is 1. The molecule has 1 N–H and O–H groups in total. The summed E-state index contributed by atoms with van der Waals surface area (Å²) in [5.41, 5.74) is 0.0731. The molecule has 1 atom stereocenters. The second-order valence-electron chi connectivity index (χ2n) is 5.11. The van der Waals surface area contributed by atoms with Crippen molar-refractivity contribution < 1.29 is 4.74 Å². The van der Waals surface area contributed by atoms with Gasteiger partial charge in [-0.25, -0.2) is 4.79 Å². The molecule has 5 nitrogen and oxygen atoms in total. The lowest BCUT2D eigenvalue weighted by atomic mass is 10.2. The van der Waals surface area contributed by atoms with Gasteiger partial charge in [-0.3, -0.25) is 9.13 Å². The van der Waals surface area contributed by atoms with Crippen LogP contribution in [0.5, 0.6) is 0 Å². The lowest BCUT2D eigenvalue weighted by molar-refractivity contribution is 0.110. The zero-order valence-corrected chi connectivity index (χ0v) is 11.3. The third-order valence-corrected chi connectivity index (χ3v) is 3.36. The molecule has 5 heteroatoms. The Kier molecular flexibility index (Phi) is 4.60. The lowest BCUT2D eigenvalue weighted by Gasteiger charge is -2.10. The van der Waals surface area contributed by atoms with Crippen molar-refractivity contribution in [3.8, 4) is 0 Å². The van der Waals surface area contributed by atoms with Gasteiger partial charge in [0.2, 0.25) is 0 Å². The number of ether oxygens (including phenoxy) is 1. The standard InChI is InChI=1S/C13H23N3O2/c1-11(2)16-8-7-15(13(16)17)6-5-14-10-12-4-3-9-18-12/h7-8,11-12,14H,3-6,9-10H2,1-2H3. The summed E-state index contributed by atoms with van der Waals surface area (Å²) in [6, 6.07) is 0.221. The highest BCUT2D eigenvalue weighted by atomic mass is 16.5. The van der Waals surface area contributed by atoms with Crippen molar-refractivity contribution in [2.75, 3.05) is 19.7 Å². The number of hydrogen-bond donors (Lipinski definition) is 1. The maximum absolute atomic E-state index is 11.9. The van der Waals surface area contributed by atoms with Crippen LogP contribution in [0, 0.1) is 0 Å². The van der Waals surface area contributed by atoms with Crippen molar-refractivity contribution >= 4 is 0 Å². The van der Waals surface area contributed by atoms with Crippen LogP contribution < -0.4 is 11.0 Å². The number of imidazole rings is 1. The van der Waals surface area contributed by atoms with Gasteiger partial charge in [0.05, 0.1) is 6.10 Å². The first-order valence-corrected chi connectivity index (χ1v) is 6.78. The van der Waals surface area contributed by atoms with Crippen molar-refractivity contribution in [3.63, 3.8) is 0 Å². The Bertz CT molecular complexity index is 416. The fourth-order valence-corrected chi connectivity index (χ4v) is 2.26. The molecule has 0 aliphatic carbocycles. The molecule has 1 aliphatic rings. The summed E-state index contributed by atoms with van der Waals surface area (Å²) in [6.45, 7) is 7.33. The van der Waals surface area contributed by atoms with E-state index in [1.54, 1.807) is 9.13 Å². The number of hydrogen-bond acceptors (Lipinski definition) is 3. The van der Waals surface area contributed by atoms with Crippen LogP contribution in [0.2, 0.25) is 0 Å². The molecule has 2 rings (SSSR count). The van der Waals surface area contributed by atoms with E-state index in [0.29, 0.717) is 12.6 Å². The average molecular weight is 253 g/mol. The van der Waals surface area contributed by atoms with Crippen LogP contribution in [0.25, 0.3) is 0 Å². The molecule has 1 unspecified atom stereocenters. The first-order valence-electron chi connectivity index (χ1n) is 6.78. The lowest BCUT2D eigenvalue weighted by Crippen LogP contribution is -2.32. The summed E-state index contributed by atoms with van der Waals surface area (Å²) < 4.78 is 9.03. The van der Waals surface area contributed by atoms with Crippen molar-refractivity contribution in [3.05, 3.63) is 22.9 Å². The highest BCUT2D eigenvalue weighted by molar-refractivity contribution is 4.83. The first-order chi connectivity index (χ1) is 8.68. The van der Waals surface area contributed by atoms with Crippen molar-refractivity contribution in [1.82, 2.24) is 14.5 Å². The molecule has 1 aliphatic heterocycles. The molecule has 18 heavy (non-hydrogen) atoms. The Labute approximate surface area is 108 Å². The molecule has 0 radical (unpaired) electrons. The van der Waals surface area contributed by atoms with Gasteiger partial charge >= 0.3 is 5.69 Å². The molecular weight excluding hydrogens is 230 g/mol. The predicted octanol–water partition coefficient (Wildman–Crippen LogP) is 0.999. The zero-order valence-electron chi connectivity index (χ0n) is 11.3. The summed E-state index contributed by atoms with van der Waals surface area (Å²) >= 11 is 0. The van der Waals surface area contributed by atoms with Crippen LogP contribution in [0.1, 0.15) is 32.7 Å². The van der Waals surface area contributed by atoms with Crippen molar-refractivity contribution in [1.29, 1.82) is 0 Å². The minimum absolute atomic E-state index is 0.0731. The van der Waals surface area contributed by atoms with Crippen LogP contribution in [0.3, 0.4) is 0 Å². The second kappa shape index (κ2) is 6.20. The minimum Gasteiger partial charge on any atom is -0.377 e. The van der Waals surface area contributed by atoms with Crippen LogP contribution in [-0.4, -0.2) is 34.9 Å². The molecule has 1 aromatic rings. The fraction of sp³-hybridized carbons (Fsp3) is 0.769. The summed E-state index contributed by atoms with van der Waals surface area (Å²) in [6.07, 6.45) is 6.39. The van der Waals surface area contributed by atoms with Gasteiger partial charge in [-0.05, 0) is 26.7 Å². The van der Waals surface area contributed by atoms with Gasteiger partial charge in [0, 0.05) is 44.7 Å². The first kappa shape index (κ1) is 13.4. The summed E-state index contributed by atoms with van der Waals surface area (Å²) in [5.74, 6) is 0. The maximum Gasteiger partial charge on any atom is 0.328 e. The minimum atomic E-state index is 0.0731. The summed E-state index contributed by atoms with van der Waals surface area (Å²) in [5, 5.41) is 3.35. The Morgan fingerprint density at radius 3 is 2.94 bits per heavy atom. The Morgan fingerprint density at radius 2 is 2.33 bits per heavy atom. The molecule has 0 bridgehead atoms. The average Bonchev–Trinajstić information content (AvgIpc) is 2.95. The molecule has 0 saturated carbocycles. The van der Waals surface area contributed by atoms with Crippen LogP contribution in [0.4, 0.5) is 0 Å². The van der Waals surface area contributed by atoms with E-state index in [1.807, 2.05) is 26.2 Å². The highest BCUT2D eigenvalue weighted by Gasteiger charge is 2.14. The van der Waals surface area contributed by atoms with Crippen LogP contribution in [0.15, 0.2) is 17.2 Å². The van der Waals surface area contributed by atoms with E-state index in [1.165, 1.54) is 6.42 Å². The van der Waals surface area contributed by atoms with Gasteiger partial charge in [-0.2, -0.15) is 0 Å². The van der Waals surface area contributed by atoms with E-state index >= 15 is 0 Å². The molecular formula is C13H23N3O2. The molecule has 1 aromatic heterocycles. The van der Waals surface area contributed by atoms with Crippen molar-refractivity contribution in [2.45, 2.75) is 45.4 Å². The van der Waals surface area contributed by atoms with Gasteiger partial charge in [-0.15, -0.1) is 0 Å². The SMILES string of the molecule is CC(C)n1ccn(CCNCC2CCCO2)c1=O. The smallest absolute Gasteiger partial charge is 0.328 e. The van der Waals surface area contributed by atoms with Gasteiger partial charge in [0.25, 0.3) is 0 Å².